The van der Waals surface area contributed by atoms with E-state index in [9.17, 15) is 9.90 Å². The molecule has 0 atom stereocenters. The molecular formula is C18H36O2S2. The van der Waals surface area contributed by atoms with Crippen LogP contribution in [0.4, 0.5) is 0 Å². The summed E-state index contributed by atoms with van der Waals surface area (Å²) >= 11 is 3.24. The molecule has 0 aliphatic heterocycles. The van der Waals surface area contributed by atoms with Crippen molar-refractivity contribution in [2.75, 3.05) is 11.5 Å². The van der Waals surface area contributed by atoms with Crippen molar-refractivity contribution in [1.29, 1.82) is 0 Å². The molecule has 0 aromatic carbocycles. The predicted octanol–water partition coefficient (Wildman–Crippen LogP) is 6.30. The van der Waals surface area contributed by atoms with Crippen LogP contribution in [0.1, 0.15) is 79.1 Å². The van der Waals surface area contributed by atoms with Crippen LogP contribution in [-0.4, -0.2) is 27.2 Å². The molecule has 0 fully saturated rings. The van der Waals surface area contributed by atoms with Gasteiger partial charge in [0.1, 0.15) is 4.58 Å². The molecule has 132 valence electrons. The third kappa shape index (κ3) is 15.1. The van der Waals surface area contributed by atoms with E-state index in [1.54, 1.807) is 23.5 Å². The number of unbranched alkanes of at least 4 members (excludes halogenated alkanes) is 4. The molecule has 0 aliphatic carbocycles. The lowest BCUT2D eigenvalue weighted by molar-refractivity contribution is -0.134. The van der Waals surface area contributed by atoms with Crippen LogP contribution in [0.15, 0.2) is 0 Å². The fraction of sp³-hybridized carbons (Fsp3) is 0.944. The first kappa shape index (κ1) is 22.2. The summed E-state index contributed by atoms with van der Waals surface area (Å²) in [5.41, 5.74) is 0. The van der Waals surface area contributed by atoms with E-state index in [0.717, 1.165) is 36.2 Å². The highest BCUT2D eigenvalue weighted by Gasteiger charge is 2.17. The number of carboxylic acids is 1. The zero-order valence-corrected chi connectivity index (χ0v) is 16.6. The van der Waals surface area contributed by atoms with Crippen LogP contribution in [0.25, 0.3) is 0 Å². The molecule has 0 bridgehead atoms. The number of carbonyl (C=O) groups is 1. The molecule has 0 aliphatic rings. The molecule has 4 heteroatoms. The second-order valence-corrected chi connectivity index (χ2v) is 9.62. The molecule has 0 heterocycles. The minimum Gasteiger partial charge on any atom is -0.480 e. The van der Waals surface area contributed by atoms with Crippen molar-refractivity contribution in [3.05, 3.63) is 0 Å². The summed E-state index contributed by atoms with van der Waals surface area (Å²) in [4.78, 5) is 11.3. The first-order chi connectivity index (χ1) is 10.4. The topological polar surface area (TPSA) is 37.3 Å². The lowest BCUT2D eigenvalue weighted by Crippen LogP contribution is -2.13. The van der Waals surface area contributed by atoms with Gasteiger partial charge in [-0.1, -0.05) is 66.2 Å². The normalized spacial score (nSPS) is 11.8. The first-order valence-electron chi connectivity index (χ1n) is 8.89. The van der Waals surface area contributed by atoms with Crippen molar-refractivity contribution in [3.63, 3.8) is 0 Å². The van der Waals surface area contributed by atoms with E-state index in [0.29, 0.717) is 0 Å². The third-order valence-electron chi connectivity index (χ3n) is 3.59. The quantitative estimate of drug-likeness (QED) is 0.278. The van der Waals surface area contributed by atoms with Gasteiger partial charge in [0.2, 0.25) is 0 Å². The second kappa shape index (κ2) is 14.7. The zero-order valence-electron chi connectivity index (χ0n) is 15.0. The highest BCUT2D eigenvalue weighted by Crippen LogP contribution is 2.26. The van der Waals surface area contributed by atoms with E-state index in [4.69, 9.17) is 0 Å². The molecule has 0 saturated heterocycles. The Kier molecular flexibility index (Phi) is 14.9. The minimum absolute atomic E-state index is 0.268. The van der Waals surface area contributed by atoms with Crippen molar-refractivity contribution < 1.29 is 9.90 Å². The molecule has 0 radical (unpaired) electrons. The number of hydrogen-bond donors (Lipinski definition) is 1. The Morgan fingerprint density at radius 3 is 1.50 bits per heavy atom. The SMILES string of the molecule is CC(C)CCCCCSC(SCCCCCC(C)C)C(=O)O. The fourth-order valence-electron chi connectivity index (χ4n) is 2.23. The van der Waals surface area contributed by atoms with Gasteiger partial charge in [0, 0.05) is 0 Å². The highest BCUT2D eigenvalue weighted by molar-refractivity contribution is 8.18. The summed E-state index contributed by atoms with van der Waals surface area (Å²) in [7, 11) is 0. The van der Waals surface area contributed by atoms with Gasteiger partial charge in [-0.15, -0.1) is 23.5 Å². The summed E-state index contributed by atoms with van der Waals surface area (Å²) in [5.74, 6) is 2.88. The highest BCUT2D eigenvalue weighted by atomic mass is 32.2. The van der Waals surface area contributed by atoms with Crippen LogP contribution in [0.2, 0.25) is 0 Å². The second-order valence-electron chi connectivity index (χ2n) is 6.90. The van der Waals surface area contributed by atoms with E-state index in [1.807, 2.05) is 0 Å². The predicted molar refractivity (Wildman–Crippen MR) is 103 cm³/mol. The van der Waals surface area contributed by atoms with Crippen molar-refractivity contribution in [1.82, 2.24) is 0 Å². The monoisotopic (exact) mass is 348 g/mol. The van der Waals surface area contributed by atoms with Crippen LogP contribution in [0.5, 0.6) is 0 Å². The van der Waals surface area contributed by atoms with E-state index in [2.05, 4.69) is 27.7 Å². The molecule has 0 aromatic heterocycles. The van der Waals surface area contributed by atoms with Gasteiger partial charge in [-0.05, 0) is 36.2 Å². The van der Waals surface area contributed by atoms with Crippen LogP contribution in [0.3, 0.4) is 0 Å². The average Bonchev–Trinajstić information content (AvgIpc) is 2.42. The maximum atomic E-state index is 11.3. The Labute approximate surface area is 146 Å². The van der Waals surface area contributed by atoms with Gasteiger partial charge in [0.05, 0.1) is 0 Å². The average molecular weight is 349 g/mol. The molecule has 2 nitrogen and oxygen atoms in total. The van der Waals surface area contributed by atoms with Gasteiger partial charge in [0.15, 0.2) is 0 Å². The van der Waals surface area contributed by atoms with Crippen molar-refractivity contribution in [2.24, 2.45) is 11.8 Å². The fourth-order valence-corrected chi connectivity index (χ4v) is 4.65. The maximum Gasteiger partial charge on any atom is 0.326 e. The summed E-state index contributed by atoms with van der Waals surface area (Å²) in [6.07, 6.45) is 9.90. The van der Waals surface area contributed by atoms with E-state index in [-0.39, 0.29) is 4.58 Å². The third-order valence-corrected chi connectivity index (χ3v) is 6.47. The van der Waals surface area contributed by atoms with Gasteiger partial charge >= 0.3 is 5.97 Å². The van der Waals surface area contributed by atoms with E-state index >= 15 is 0 Å². The number of thioether (sulfide) groups is 2. The van der Waals surface area contributed by atoms with Gasteiger partial charge < -0.3 is 5.11 Å². The Hall–Kier alpha value is 0.170. The van der Waals surface area contributed by atoms with Crippen LogP contribution < -0.4 is 0 Å². The molecule has 0 rings (SSSR count). The largest absolute Gasteiger partial charge is 0.480 e. The summed E-state index contributed by atoms with van der Waals surface area (Å²) in [6.45, 7) is 9.03. The molecule has 0 saturated carbocycles. The van der Waals surface area contributed by atoms with Gasteiger partial charge in [-0.25, -0.2) is 0 Å². The summed E-state index contributed by atoms with van der Waals surface area (Å²) < 4.78 is -0.268. The standard InChI is InChI=1S/C18H36O2S2/c1-15(2)11-7-5-9-13-21-18(17(19)20)22-14-10-6-8-12-16(3)4/h15-16,18H,5-14H2,1-4H3,(H,19,20). The Morgan fingerprint density at radius 1 is 0.773 bits per heavy atom. The van der Waals surface area contributed by atoms with Crippen LogP contribution >= 0.6 is 23.5 Å². The van der Waals surface area contributed by atoms with Crippen LogP contribution in [0, 0.1) is 11.8 Å². The number of aliphatic carboxylic acids is 1. The van der Waals surface area contributed by atoms with Crippen molar-refractivity contribution >= 4 is 29.5 Å². The smallest absolute Gasteiger partial charge is 0.326 e. The molecule has 0 amide bonds. The maximum absolute atomic E-state index is 11.3. The summed E-state index contributed by atoms with van der Waals surface area (Å²) in [5, 5.41) is 9.28. The van der Waals surface area contributed by atoms with E-state index < -0.39 is 5.97 Å². The summed E-state index contributed by atoms with van der Waals surface area (Å²) in [6, 6.07) is 0. The molecule has 0 spiro atoms. The Morgan fingerprint density at radius 2 is 1.18 bits per heavy atom. The van der Waals surface area contributed by atoms with E-state index in [1.165, 1.54) is 38.5 Å². The first-order valence-corrected chi connectivity index (χ1v) is 11.0. The molecular weight excluding hydrogens is 312 g/mol. The van der Waals surface area contributed by atoms with Gasteiger partial charge in [-0.2, -0.15) is 0 Å². The Bertz CT molecular complexity index is 248. The van der Waals surface area contributed by atoms with Crippen molar-refractivity contribution in [2.45, 2.75) is 83.6 Å². The lowest BCUT2D eigenvalue weighted by Gasteiger charge is -2.12. The molecule has 1 N–H and O–H groups in total. The lowest BCUT2D eigenvalue weighted by atomic mass is 10.1. The zero-order chi connectivity index (χ0) is 16.8. The van der Waals surface area contributed by atoms with Crippen molar-refractivity contribution in [3.8, 4) is 0 Å². The van der Waals surface area contributed by atoms with Gasteiger partial charge in [-0.3, -0.25) is 4.79 Å². The molecule has 0 unspecified atom stereocenters. The number of hydrogen-bond acceptors (Lipinski definition) is 3. The number of carboxylic acid groups (broad SMARTS) is 1. The van der Waals surface area contributed by atoms with Gasteiger partial charge in [0.25, 0.3) is 0 Å². The Balaban J connectivity index is 3.59. The molecule has 22 heavy (non-hydrogen) atoms. The minimum atomic E-state index is -0.653. The number of rotatable bonds is 15. The molecule has 0 aromatic rings. The van der Waals surface area contributed by atoms with Crippen LogP contribution in [-0.2, 0) is 4.79 Å².